The Bertz CT molecular complexity index is 1000. The van der Waals surface area contributed by atoms with E-state index in [1.165, 1.54) is 35.5 Å². The van der Waals surface area contributed by atoms with Crippen LogP contribution in [0, 0.1) is 5.82 Å². The van der Waals surface area contributed by atoms with Gasteiger partial charge < -0.3 is 10.2 Å². The Morgan fingerprint density at radius 3 is 2.83 bits per heavy atom. The molecular formula is C20H24FN5OS2. The number of hydrogen-bond acceptors (Lipinski definition) is 7. The van der Waals surface area contributed by atoms with E-state index in [4.69, 9.17) is 0 Å². The zero-order valence-corrected chi connectivity index (χ0v) is 18.0. The van der Waals surface area contributed by atoms with E-state index in [0.717, 1.165) is 53.7 Å². The molecule has 1 aliphatic rings. The second kappa shape index (κ2) is 9.34. The average Bonchev–Trinajstić information content (AvgIpc) is 3.13. The van der Waals surface area contributed by atoms with Crippen LogP contribution in [0.2, 0.25) is 0 Å². The number of aromatic nitrogens is 2. The molecule has 0 radical (unpaired) electrons. The molecule has 0 bridgehead atoms. The van der Waals surface area contributed by atoms with Crippen LogP contribution in [0.1, 0.15) is 6.92 Å². The van der Waals surface area contributed by atoms with Gasteiger partial charge in [-0.2, -0.15) is 0 Å². The molecule has 1 N–H and O–H groups in total. The predicted octanol–water partition coefficient (Wildman–Crippen LogP) is 2.83. The fraction of sp³-hybridized carbons (Fsp3) is 0.450. The van der Waals surface area contributed by atoms with E-state index >= 15 is 0 Å². The molecule has 29 heavy (non-hydrogen) atoms. The van der Waals surface area contributed by atoms with Crippen molar-refractivity contribution in [2.75, 3.05) is 51.6 Å². The first-order valence-corrected chi connectivity index (χ1v) is 11.6. The summed E-state index contributed by atoms with van der Waals surface area (Å²) in [6.07, 6.45) is 1.44. The summed E-state index contributed by atoms with van der Waals surface area (Å²) < 4.78 is 15.9. The number of halogens is 1. The van der Waals surface area contributed by atoms with Gasteiger partial charge in [-0.3, -0.25) is 9.69 Å². The van der Waals surface area contributed by atoms with E-state index in [1.54, 1.807) is 6.07 Å². The predicted molar refractivity (Wildman–Crippen MR) is 117 cm³/mol. The van der Waals surface area contributed by atoms with E-state index < -0.39 is 0 Å². The summed E-state index contributed by atoms with van der Waals surface area (Å²) in [6, 6.07) is 5.02. The van der Waals surface area contributed by atoms with Crippen LogP contribution in [-0.2, 0) is 4.79 Å². The van der Waals surface area contributed by atoms with E-state index in [9.17, 15) is 9.18 Å². The van der Waals surface area contributed by atoms with Gasteiger partial charge >= 0.3 is 0 Å². The largest absolute Gasteiger partial charge is 0.354 e. The molecule has 0 atom stereocenters. The normalized spacial score (nSPS) is 15.9. The van der Waals surface area contributed by atoms with Gasteiger partial charge in [-0.25, -0.2) is 14.4 Å². The molecule has 2 aromatic heterocycles. The Hall–Kier alpha value is -1.81. The van der Waals surface area contributed by atoms with Gasteiger partial charge in [0.2, 0.25) is 5.91 Å². The van der Waals surface area contributed by atoms with Crippen LogP contribution in [0.4, 0.5) is 4.39 Å². The number of fused-ring (bicyclic) bond motifs is 3. The highest BCUT2D eigenvalue weighted by Crippen LogP contribution is 2.38. The van der Waals surface area contributed by atoms with Gasteiger partial charge in [0.1, 0.15) is 17.2 Å². The van der Waals surface area contributed by atoms with Crippen molar-refractivity contribution in [2.45, 2.75) is 11.9 Å². The van der Waals surface area contributed by atoms with E-state index in [1.807, 2.05) is 6.07 Å². The van der Waals surface area contributed by atoms with Crippen LogP contribution >= 0.6 is 23.1 Å². The minimum atomic E-state index is -0.277. The van der Waals surface area contributed by atoms with Gasteiger partial charge in [0.05, 0.1) is 21.4 Å². The highest BCUT2D eigenvalue weighted by Gasteiger charge is 2.17. The van der Waals surface area contributed by atoms with Gasteiger partial charge in [0.15, 0.2) is 0 Å². The van der Waals surface area contributed by atoms with Gasteiger partial charge in [0, 0.05) is 44.0 Å². The van der Waals surface area contributed by atoms with Gasteiger partial charge in [-0.05, 0) is 18.7 Å². The number of likely N-dealkylation sites (N-methyl/N-ethyl adjacent to an activating group) is 1. The first kappa shape index (κ1) is 20.5. The Morgan fingerprint density at radius 2 is 2.03 bits per heavy atom. The van der Waals surface area contributed by atoms with Crippen molar-refractivity contribution in [2.24, 2.45) is 0 Å². The van der Waals surface area contributed by atoms with Crippen molar-refractivity contribution in [3.63, 3.8) is 0 Å². The summed E-state index contributed by atoms with van der Waals surface area (Å²) in [5.41, 5.74) is 0.618. The van der Waals surface area contributed by atoms with Crippen molar-refractivity contribution in [1.82, 2.24) is 25.1 Å². The maximum Gasteiger partial charge on any atom is 0.230 e. The smallest absolute Gasteiger partial charge is 0.230 e. The lowest BCUT2D eigenvalue weighted by atomic mass is 10.2. The summed E-state index contributed by atoms with van der Waals surface area (Å²) >= 11 is 2.84. The number of carbonyl (C=O) groups is 1. The van der Waals surface area contributed by atoms with Crippen LogP contribution in [0.15, 0.2) is 29.6 Å². The number of hydrogen-bond donors (Lipinski definition) is 1. The van der Waals surface area contributed by atoms with E-state index in [2.05, 4.69) is 32.0 Å². The lowest BCUT2D eigenvalue weighted by molar-refractivity contribution is -0.118. The molecule has 6 nitrogen and oxygen atoms in total. The highest BCUT2D eigenvalue weighted by molar-refractivity contribution is 8.00. The Balaban J connectivity index is 1.31. The molecule has 3 aromatic rings. The standard InChI is InChI=1S/C20H24FN5OS2/c1-2-25-8-10-26(11-9-25)7-6-22-16(27)12-28-20-19-18(23-13-24-20)17-14(21)4-3-5-15(17)29-19/h3-5,13H,2,6-12H2,1H3,(H,22,27). The number of nitrogens with zero attached hydrogens (tertiary/aromatic N) is 4. The zero-order valence-electron chi connectivity index (χ0n) is 16.4. The number of nitrogens with one attached hydrogen (secondary N) is 1. The minimum absolute atomic E-state index is 0.0127. The Morgan fingerprint density at radius 1 is 1.24 bits per heavy atom. The lowest BCUT2D eigenvalue weighted by Gasteiger charge is -2.33. The molecule has 0 spiro atoms. The van der Waals surface area contributed by atoms with Crippen LogP contribution < -0.4 is 5.32 Å². The SMILES string of the molecule is CCN1CCN(CCNC(=O)CSc2ncnc3c2sc2cccc(F)c23)CC1. The van der Waals surface area contributed by atoms with Crippen molar-refractivity contribution in [3.8, 4) is 0 Å². The van der Waals surface area contributed by atoms with Gasteiger partial charge in [0.25, 0.3) is 0 Å². The van der Waals surface area contributed by atoms with Gasteiger partial charge in [-0.1, -0.05) is 24.8 Å². The summed E-state index contributed by atoms with van der Waals surface area (Å²) in [7, 11) is 0. The van der Waals surface area contributed by atoms with E-state index in [0.29, 0.717) is 17.4 Å². The summed E-state index contributed by atoms with van der Waals surface area (Å²) in [5, 5.41) is 4.25. The van der Waals surface area contributed by atoms with Crippen LogP contribution in [0.3, 0.4) is 0 Å². The molecule has 1 aromatic carbocycles. The molecule has 1 fully saturated rings. The van der Waals surface area contributed by atoms with Crippen LogP contribution in [0.5, 0.6) is 0 Å². The first-order valence-electron chi connectivity index (χ1n) is 9.81. The average molecular weight is 434 g/mol. The number of carbonyl (C=O) groups excluding carboxylic acids is 1. The molecule has 1 aliphatic heterocycles. The van der Waals surface area contributed by atoms with Crippen molar-refractivity contribution in [3.05, 3.63) is 30.3 Å². The Kier molecular flexibility index (Phi) is 6.59. The fourth-order valence-corrected chi connectivity index (χ4v) is 5.60. The number of benzene rings is 1. The van der Waals surface area contributed by atoms with E-state index in [-0.39, 0.29) is 17.5 Å². The molecule has 9 heteroatoms. The third kappa shape index (κ3) is 4.69. The number of rotatable bonds is 7. The Labute approximate surface area is 177 Å². The minimum Gasteiger partial charge on any atom is -0.354 e. The third-order valence-electron chi connectivity index (χ3n) is 5.20. The second-order valence-corrected chi connectivity index (χ2v) is 9.00. The van der Waals surface area contributed by atoms with Gasteiger partial charge in [-0.15, -0.1) is 11.3 Å². The lowest BCUT2D eigenvalue weighted by Crippen LogP contribution is -2.48. The number of thiophene rings is 1. The maximum atomic E-state index is 14.2. The first-order chi connectivity index (χ1) is 14.2. The summed E-state index contributed by atoms with van der Waals surface area (Å²) in [5.74, 6) is -0.00549. The zero-order chi connectivity index (χ0) is 20.2. The molecule has 154 valence electrons. The number of amides is 1. The molecule has 0 unspecified atom stereocenters. The third-order valence-corrected chi connectivity index (χ3v) is 7.47. The fourth-order valence-electron chi connectivity index (χ4n) is 3.53. The summed E-state index contributed by atoms with van der Waals surface area (Å²) in [4.78, 5) is 25.7. The molecule has 0 aliphatic carbocycles. The van der Waals surface area contributed by atoms with Crippen molar-refractivity contribution < 1.29 is 9.18 Å². The topological polar surface area (TPSA) is 61.4 Å². The summed E-state index contributed by atoms with van der Waals surface area (Å²) in [6.45, 7) is 9.12. The number of piperazine rings is 1. The van der Waals surface area contributed by atoms with Crippen LogP contribution in [0.25, 0.3) is 20.3 Å². The molecule has 4 rings (SSSR count). The monoisotopic (exact) mass is 433 g/mol. The molecule has 0 saturated carbocycles. The maximum absolute atomic E-state index is 14.2. The van der Waals surface area contributed by atoms with Crippen molar-refractivity contribution in [1.29, 1.82) is 0 Å². The molecule has 1 amide bonds. The highest BCUT2D eigenvalue weighted by atomic mass is 32.2. The molecule has 3 heterocycles. The number of thioether (sulfide) groups is 1. The van der Waals surface area contributed by atoms with Crippen molar-refractivity contribution >= 4 is 49.3 Å². The second-order valence-electron chi connectivity index (χ2n) is 6.99. The van der Waals surface area contributed by atoms with Crippen LogP contribution in [-0.4, -0.2) is 77.2 Å². The molecular weight excluding hydrogens is 409 g/mol. The quantitative estimate of drug-likeness (QED) is 0.457. The molecule has 1 saturated heterocycles.